The van der Waals surface area contributed by atoms with Gasteiger partial charge in [-0.1, -0.05) is 22.0 Å². The number of halogens is 1. The largest absolute Gasteiger partial charge is 0.495 e. The maximum Gasteiger partial charge on any atom is 0.341 e. The average Bonchev–Trinajstić information content (AvgIpc) is 2.57. The van der Waals surface area contributed by atoms with E-state index in [1.165, 1.54) is 14.0 Å². The molecule has 0 bridgehead atoms. The highest BCUT2D eigenvalue weighted by molar-refractivity contribution is 9.10. The Morgan fingerprint density at radius 2 is 1.92 bits per heavy atom. The van der Waals surface area contributed by atoms with E-state index >= 15 is 0 Å². The van der Waals surface area contributed by atoms with Crippen molar-refractivity contribution in [3.63, 3.8) is 0 Å². The van der Waals surface area contributed by atoms with Crippen molar-refractivity contribution in [2.24, 2.45) is 0 Å². The van der Waals surface area contributed by atoms with Crippen LogP contribution in [0.5, 0.6) is 5.75 Å². The average molecular weight is 407 g/mol. The normalized spacial score (nSPS) is 11.5. The number of nitrogens with one attached hydrogen (secondary N) is 1. The van der Waals surface area contributed by atoms with Crippen molar-refractivity contribution >= 4 is 39.2 Å². The van der Waals surface area contributed by atoms with Crippen LogP contribution in [0.15, 0.2) is 40.9 Å². The number of nitrogen functional groups attached to an aromatic ring is 1. The van der Waals surface area contributed by atoms with Crippen LogP contribution in [-0.4, -0.2) is 25.1 Å². The standard InChI is InChI=1S/C18H19BrN2O4/c1-10-4-7-16(24-3)15(8-10)21-17(22)11(2)25-18(23)13-9-12(19)5-6-14(13)20/h4-9,11H,20H2,1-3H3,(H,21,22)/t11-/m1/s1. The Morgan fingerprint density at radius 1 is 1.20 bits per heavy atom. The van der Waals surface area contributed by atoms with E-state index in [1.807, 2.05) is 13.0 Å². The molecule has 0 aliphatic carbocycles. The Hall–Kier alpha value is -2.54. The molecule has 2 rings (SSSR count). The maximum atomic E-state index is 12.3. The first-order valence-corrected chi connectivity index (χ1v) is 8.32. The summed E-state index contributed by atoms with van der Waals surface area (Å²) in [6.07, 6.45) is -1.00. The van der Waals surface area contributed by atoms with Gasteiger partial charge in [-0.05, 0) is 49.7 Å². The molecule has 1 atom stereocenters. The second-order valence-electron chi connectivity index (χ2n) is 5.47. The van der Waals surface area contributed by atoms with Crippen molar-refractivity contribution < 1.29 is 19.1 Å². The summed E-state index contributed by atoms with van der Waals surface area (Å²) in [4.78, 5) is 24.6. The molecule has 0 aliphatic heterocycles. The van der Waals surface area contributed by atoms with Gasteiger partial charge in [-0.2, -0.15) is 0 Å². The van der Waals surface area contributed by atoms with Crippen molar-refractivity contribution in [3.05, 3.63) is 52.0 Å². The highest BCUT2D eigenvalue weighted by Gasteiger charge is 2.21. The molecule has 7 heteroatoms. The van der Waals surface area contributed by atoms with Crippen molar-refractivity contribution in [2.45, 2.75) is 20.0 Å². The van der Waals surface area contributed by atoms with Crippen molar-refractivity contribution in [1.29, 1.82) is 0 Å². The number of nitrogens with two attached hydrogens (primary N) is 1. The molecule has 1 amide bonds. The molecule has 0 spiro atoms. The van der Waals surface area contributed by atoms with Crippen molar-refractivity contribution in [3.8, 4) is 5.75 Å². The Kier molecular flexibility index (Phi) is 6.03. The number of ether oxygens (including phenoxy) is 2. The molecule has 0 heterocycles. The zero-order valence-corrected chi connectivity index (χ0v) is 15.7. The molecule has 0 unspecified atom stereocenters. The van der Waals surface area contributed by atoms with Gasteiger partial charge < -0.3 is 20.5 Å². The summed E-state index contributed by atoms with van der Waals surface area (Å²) in [5, 5.41) is 2.70. The second kappa shape index (κ2) is 8.02. The van der Waals surface area contributed by atoms with Crippen LogP contribution in [0.3, 0.4) is 0 Å². The summed E-state index contributed by atoms with van der Waals surface area (Å²) in [6, 6.07) is 10.2. The van der Waals surface area contributed by atoms with Crippen molar-refractivity contribution in [1.82, 2.24) is 0 Å². The van der Waals surface area contributed by atoms with Crippen LogP contribution in [0.1, 0.15) is 22.8 Å². The molecule has 6 nitrogen and oxygen atoms in total. The Balaban J connectivity index is 2.09. The molecule has 0 saturated heterocycles. The van der Waals surface area contributed by atoms with E-state index in [9.17, 15) is 9.59 Å². The summed E-state index contributed by atoms with van der Waals surface area (Å²) in [5.41, 5.74) is 7.73. The smallest absolute Gasteiger partial charge is 0.341 e. The SMILES string of the molecule is COc1ccc(C)cc1NC(=O)[C@@H](C)OC(=O)c1cc(Br)ccc1N. The third-order valence-corrected chi connectivity index (χ3v) is 3.99. The molecule has 3 N–H and O–H groups in total. The molecular formula is C18H19BrN2O4. The number of carbonyl (C=O) groups excluding carboxylic acids is 2. The van der Waals surface area contributed by atoms with Crippen LogP contribution >= 0.6 is 15.9 Å². The van der Waals surface area contributed by atoms with Gasteiger partial charge in [0.25, 0.3) is 5.91 Å². The van der Waals surface area contributed by atoms with Gasteiger partial charge in [0.2, 0.25) is 0 Å². The number of carbonyl (C=O) groups is 2. The minimum atomic E-state index is -1.00. The molecule has 0 fully saturated rings. The number of benzene rings is 2. The maximum absolute atomic E-state index is 12.3. The number of anilines is 2. The van der Waals surface area contributed by atoms with E-state index in [0.717, 1.165) is 5.56 Å². The van der Waals surface area contributed by atoms with Crippen LogP contribution in [0.25, 0.3) is 0 Å². The fraction of sp³-hybridized carbons (Fsp3) is 0.222. The minimum absolute atomic E-state index is 0.196. The summed E-state index contributed by atoms with van der Waals surface area (Å²) in [5.74, 6) is -0.614. The first-order valence-electron chi connectivity index (χ1n) is 7.53. The Bertz CT molecular complexity index is 808. The summed E-state index contributed by atoms with van der Waals surface area (Å²) >= 11 is 3.27. The van der Waals surface area contributed by atoms with E-state index in [4.69, 9.17) is 15.2 Å². The molecule has 2 aromatic rings. The van der Waals surface area contributed by atoms with Crippen LogP contribution < -0.4 is 15.8 Å². The molecule has 0 radical (unpaired) electrons. The number of amides is 1. The highest BCUT2D eigenvalue weighted by atomic mass is 79.9. The third kappa shape index (κ3) is 4.73. The van der Waals surface area contributed by atoms with Gasteiger partial charge in [0, 0.05) is 10.2 Å². The van der Waals surface area contributed by atoms with Gasteiger partial charge in [-0.3, -0.25) is 4.79 Å². The van der Waals surface area contributed by atoms with Crippen LogP contribution in [0.2, 0.25) is 0 Å². The monoisotopic (exact) mass is 406 g/mol. The van der Waals surface area contributed by atoms with Crippen LogP contribution in [-0.2, 0) is 9.53 Å². The van der Waals surface area contributed by atoms with E-state index < -0.39 is 18.0 Å². The topological polar surface area (TPSA) is 90.6 Å². The molecule has 0 saturated carbocycles. The third-order valence-electron chi connectivity index (χ3n) is 3.50. The van der Waals surface area contributed by atoms with Crippen LogP contribution in [0, 0.1) is 6.92 Å². The van der Waals surface area contributed by atoms with Gasteiger partial charge in [0.1, 0.15) is 5.75 Å². The van der Waals surface area contributed by atoms with Gasteiger partial charge in [-0.25, -0.2) is 4.79 Å². The van der Waals surface area contributed by atoms with Gasteiger partial charge in [0.05, 0.1) is 18.4 Å². The molecule has 0 aromatic heterocycles. The molecule has 0 aliphatic rings. The Morgan fingerprint density at radius 3 is 2.60 bits per heavy atom. The van der Waals surface area contributed by atoms with Gasteiger partial charge >= 0.3 is 5.97 Å². The predicted octanol–water partition coefficient (Wildman–Crippen LogP) is 3.53. The number of methoxy groups -OCH3 is 1. The lowest BCUT2D eigenvalue weighted by Gasteiger charge is -2.16. The molecule has 25 heavy (non-hydrogen) atoms. The number of hydrogen-bond donors (Lipinski definition) is 2. The zero-order valence-electron chi connectivity index (χ0n) is 14.1. The summed E-state index contributed by atoms with van der Waals surface area (Å²) < 4.78 is 11.1. The fourth-order valence-electron chi connectivity index (χ4n) is 2.14. The fourth-order valence-corrected chi connectivity index (χ4v) is 2.50. The van der Waals surface area contributed by atoms with Crippen LogP contribution in [0.4, 0.5) is 11.4 Å². The first kappa shape index (κ1) is 18.8. The summed E-state index contributed by atoms with van der Waals surface area (Å²) in [6.45, 7) is 3.39. The Labute approximate surface area is 154 Å². The van der Waals surface area contributed by atoms with E-state index in [-0.39, 0.29) is 11.3 Å². The molecule has 2 aromatic carbocycles. The van der Waals surface area contributed by atoms with Crippen molar-refractivity contribution in [2.75, 3.05) is 18.2 Å². The molecule has 132 valence electrons. The highest BCUT2D eigenvalue weighted by Crippen LogP contribution is 2.25. The van der Waals surface area contributed by atoms with E-state index in [2.05, 4.69) is 21.2 Å². The van der Waals surface area contributed by atoms with E-state index in [0.29, 0.717) is 15.9 Å². The molecular weight excluding hydrogens is 388 g/mol. The number of esters is 1. The summed E-state index contributed by atoms with van der Waals surface area (Å²) in [7, 11) is 1.51. The van der Waals surface area contributed by atoms with Gasteiger partial charge in [-0.15, -0.1) is 0 Å². The minimum Gasteiger partial charge on any atom is -0.495 e. The lowest BCUT2D eigenvalue weighted by atomic mass is 10.2. The second-order valence-corrected chi connectivity index (χ2v) is 6.39. The number of hydrogen-bond acceptors (Lipinski definition) is 5. The number of aryl methyl sites for hydroxylation is 1. The first-order chi connectivity index (χ1) is 11.8. The van der Waals surface area contributed by atoms with Gasteiger partial charge in [0.15, 0.2) is 6.10 Å². The lowest BCUT2D eigenvalue weighted by Crippen LogP contribution is -2.30. The predicted molar refractivity (Wildman–Crippen MR) is 99.8 cm³/mol. The number of rotatable bonds is 5. The van der Waals surface area contributed by atoms with E-state index in [1.54, 1.807) is 30.3 Å². The lowest BCUT2D eigenvalue weighted by molar-refractivity contribution is -0.123. The quantitative estimate of drug-likeness (QED) is 0.585. The zero-order chi connectivity index (χ0) is 18.6.